The Morgan fingerprint density at radius 2 is 1.72 bits per heavy atom. The first kappa shape index (κ1) is 12.4. The molecule has 1 aliphatic carbocycles. The van der Waals surface area contributed by atoms with E-state index in [0.29, 0.717) is 0 Å². The zero-order valence-corrected chi connectivity index (χ0v) is 10.7. The van der Waals surface area contributed by atoms with Gasteiger partial charge in [-0.3, -0.25) is 0 Å². The second-order valence-corrected chi connectivity index (χ2v) is 4.49. The summed E-state index contributed by atoms with van der Waals surface area (Å²) in [6, 6.07) is 13.0. The van der Waals surface area contributed by atoms with Crippen molar-refractivity contribution in [3.05, 3.63) is 53.6 Å². The number of allylic oxidation sites excluding steroid dienone is 1. The first-order valence-corrected chi connectivity index (χ1v) is 6.53. The monoisotopic (exact) mass is 274 g/mol. The molecule has 88 valence electrons. The number of hydrogen-bond donors (Lipinski definition) is 0. The van der Waals surface area contributed by atoms with E-state index in [1.165, 1.54) is 21.9 Å². The van der Waals surface area contributed by atoms with Crippen LogP contribution in [0, 0.1) is 20.5 Å². The molecule has 0 heterocycles. The van der Waals surface area contributed by atoms with Crippen LogP contribution in [0.5, 0.6) is 0 Å². The van der Waals surface area contributed by atoms with Gasteiger partial charge in [0, 0.05) is 0 Å². The molecular weight excluding hydrogens is 264 g/mol. The van der Waals surface area contributed by atoms with E-state index in [2.05, 4.69) is 48.6 Å². The fourth-order valence-electron chi connectivity index (χ4n) is 2.09. The zero-order valence-electron chi connectivity index (χ0n) is 9.57. The van der Waals surface area contributed by atoms with Crippen LogP contribution in [-0.2, 0) is 21.4 Å². The number of benzene rings is 2. The van der Waals surface area contributed by atoms with Crippen LogP contribution >= 0.6 is 0 Å². The SMILES string of the molecule is C1=Cc2cccc3cccc(c23)C1.N#[C][Fe][C]#N. The van der Waals surface area contributed by atoms with E-state index < -0.39 is 0 Å². The second-order valence-electron chi connectivity index (χ2n) is 3.72. The molecule has 2 aromatic carbocycles. The van der Waals surface area contributed by atoms with E-state index in [9.17, 15) is 0 Å². The summed E-state index contributed by atoms with van der Waals surface area (Å²) in [5.41, 5.74) is 2.81. The summed E-state index contributed by atoms with van der Waals surface area (Å²) in [6.45, 7) is 0. The third kappa shape index (κ3) is 2.60. The average molecular weight is 274 g/mol. The molecule has 18 heavy (non-hydrogen) atoms. The number of nitrogens with zero attached hydrogens (tertiary/aromatic N) is 2. The molecule has 3 rings (SSSR count). The van der Waals surface area contributed by atoms with Gasteiger partial charge in [-0.2, -0.15) is 0 Å². The van der Waals surface area contributed by atoms with E-state index in [-0.39, 0.29) is 15.0 Å². The van der Waals surface area contributed by atoms with E-state index in [1.54, 1.807) is 9.94 Å². The normalized spacial score (nSPS) is 11.2. The second kappa shape index (κ2) is 6.03. The van der Waals surface area contributed by atoms with Crippen LogP contribution in [0.4, 0.5) is 0 Å². The van der Waals surface area contributed by atoms with E-state index in [4.69, 9.17) is 10.5 Å². The summed E-state index contributed by atoms with van der Waals surface area (Å²) in [6.07, 6.45) is 5.53. The van der Waals surface area contributed by atoms with Gasteiger partial charge in [0.2, 0.25) is 0 Å². The Bertz CT molecular complexity index is 658. The van der Waals surface area contributed by atoms with Crippen LogP contribution in [-0.4, -0.2) is 0 Å². The van der Waals surface area contributed by atoms with Crippen LogP contribution in [0.2, 0.25) is 0 Å². The van der Waals surface area contributed by atoms with Gasteiger partial charge in [-0.1, -0.05) is 48.6 Å². The Hall–Kier alpha value is -2.06. The van der Waals surface area contributed by atoms with Crippen molar-refractivity contribution >= 4 is 16.8 Å². The maximum atomic E-state index is 7.59. The van der Waals surface area contributed by atoms with Gasteiger partial charge in [0.05, 0.1) is 0 Å². The van der Waals surface area contributed by atoms with Crippen molar-refractivity contribution < 1.29 is 15.0 Å². The fourth-order valence-corrected chi connectivity index (χ4v) is 2.14. The van der Waals surface area contributed by atoms with Crippen molar-refractivity contribution in [3.8, 4) is 9.94 Å². The molecule has 1 aliphatic rings. The molecule has 0 amide bonds. The van der Waals surface area contributed by atoms with Crippen LogP contribution in [0.1, 0.15) is 11.1 Å². The van der Waals surface area contributed by atoms with Crippen molar-refractivity contribution in [3.63, 3.8) is 0 Å². The van der Waals surface area contributed by atoms with Crippen LogP contribution < -0.4 is 0 Å². The summed E-state index contributed by atoms with van der Waals surface area (Å²) in [4.78, 5) is 3.31. The van der Waals surface area contributed by atoms with Gasteiger partial charge in [-0.05, 0) is 28.3 Å². The fraction of sp³-hybridized carbons (Fsp3) is 0.0667. The predicted molar refractivity (Wildman–Crippen MR) is 67.9 cm³/mol. The molecule has 0 saturated heterocycles. The first-order chi connectivity index (χ1) is 8.86. The molecule has 2 nitrogen and oxygen atoms in total. The zero-order chi connectivity index (χ0) is 12.8. The van der Waals surface area contributed by atoms with Crippen molar-refractivity contribution in [2.75, 3.05) is 0 Å². The number of hydrogen-bond acceptors (Lipinski definition) is 2. The molecule has 0 bridgehead atoms. The van der Waals surface area contributed by atoms with Gasteiger partial charge >= 0.3 is 35.4 Å². The molecule has 2 aromatic rings. The van der Waals surface area contributed by atoms with Gasteiger partial charge in [-0.25, -0.2) is 0 Å². The molecule has 0 radical (unpaired) electrons. The molecule has 0 N–H and O–H groups in total. The van der Waals surface area contributed by atoms with Crippen molar-refractivity contribution in [1.82, 2.24) is 0 Å². The van der Waals surface area contributed by atoms with Gasteiger partial charge in [-0.15, -0.1) is 0 Å². The third-order valence-corrected chi connectivity index (χ3v) is 2.98. The quantitative estimate of drug-likeness (QED) is 0.691. The van der Waals surface area contributed by atoms with Crippen LogP contribution in [0.3, 0.4) is 0 Å². The van der Waals surface area contributed by atoms with Crippen molar-refractivity contribution in [1.29, 1.82) is 10.5 Å². The summed E-state index contributed by atoms with van der Waals surface area (Å²) in [5, 5.41) is 18.0. The molecule has 0 spiro atoms. The molecule has 0 aliphatic heterocycles. The first-order valence-electron chi connectivity index (χ1n) is 5.42. The molecule has 0 atom stereocenters. The number of nitriles is 2. The summed E-state index contributed by atoms with van der Waals surface area (Å²) >= 11 is 0. The molecule has 0 fully saturated rings. The minimum absolute atomic E-state index is 0. The summed E-state index contributed by atoms with van der Waals surface area (Å²) in [5.74, 6) is 0. The predicted octanol–water partition coefficient (Wildman–Crippen LogP) is 3.44. The minimum atomic E-state index is 0. The van der Waals surface area contributed by atoms with Gasteiger partial charge < -0.3 is 0 Å². The molecular formula is C15H10FeN2. The van der Waals surface area contributed by atoms with Crippen molar-refractivity contribution in [2.45, 2.75) is 6.42 Å². The van der Waals surface area contributed by atoms with Crippen LogP contribution in [0.15, 0.2) is 42.5 Å². The van der Waals surface area contributed by atoms with Gasteiger partial charge in [0.15, 0.2) is 0 Å². The Labute approximate surface area is 112 Å². The third-order valence-electron chi connectivity index (χ3n) is 2.74. The summed E-state index contributed by atoms with van der Waals surface area (Å²) < 4.78 is 0. The van der Waals surface area contributed by atoms with Crippen molar-refractivity contribution in [2.24, 2.45) is 0 Å². The average Bonchev–Trinajstić information content (AvgIpc) is 2.42. The molecule has 0 unspecified atom stereocenters. The van der Waals surface area contributed by atoms with E-state index >= 15 is 0 Å². The van der Waals surface area contributed by atoms with E-state index in [0.717, 1.165) is 6.42 Å². The van der Waals surface area contributed by atoms with E-state index in [1.807, 2.05) is 0 Å². The Morgan fingerprint density at radius 1 is 1.00 bits per heavy atom. The topological polar surface area (TPSA) is 47.6 Å². The summed E-state index contributed by atoms with van der Waals surface area (Å²) in [7, 11) is 0. The van der Waals surface area contributed by atoms with Gasteiger partial charge in [0.1, 0.15) is 0 Å². The van der Waals surface area contributed by atoms with Crippen LogP contribution in [0.25, 0.3) is 16.8 Å². The molecule has 3 heteroatoms. The Balaban J connectivity index is 0.000000209. The standard InChI is InChI=1S/C13H10.2CN.Fe/c1-4-10-6-2-8-12-9-3-7-11(5-1)13(10)12;2*1-2;/h1-8H,9H2;;;. The molecule has 0 saturated carbocycles. The molecule has 0 aromatic heterocycles. The maximum absolute atomic E-state index is 7.59. The Kier molecular flexibility index (Phi) is 4.15. The number of rotatable bonds is 0. The Morgan fingerprint density at radius 3 is 2.39 bits per heavy atom. The van der Waals surface area contributed by atoms with Gasteiger partial charge in [0.25, 0.3) is 0 Å².